The van der Waals surface area contributed by atoms with Gasteiger partial charge >= 0.3 is 0 Å². The molecule has 0 radical (unpaired) electrons. The van der Waals surface area contributed by atoms with E-state index in [1.54, 1.807) is 49.6 Å². The summed E-state index contributed by atoms with van der Waals surface area (Å²) in [6.07, 6.45) is 0. The summed E-state index contributed by atoms with van der Waals surface area (Å²) >= 11 is 11.9. The normalized spacial score (nSPS) is 10.2. The molecule has 0 amide bonds. The van der Waals surface area contributed by atoms with E-state index in [0.29, 0.717) is 26.9 Å². The van der Waals surface area contributed by atoms with Crippen molar-refractivity contribution in [3.05, 3.63) is 63.6 Å². The van der Waals surface area contributed by atoms with Crippen LogP contribution in [0.15, 0.2) is 42.5 Å². The van der Waals surface area contributed by atoms with Crippen molar-refractivity contribution in [3.8, 4) is 5.75 Å². The van der Waals surface area contributed by atoms with Gasteiger partial charge in [-0.05, 0) is 42.5 Å². The van der Waals surface area contributed by atoms with Crippen LogP contribution in [-0.4, -0.2) is 12.9 Å². The molecule has 2 rings (SSSR count). The van der Waals surface area contributed by atoms with Crippen molar-refractivity contribution in [2.75, 3.05) is 7.11 Å². The second kappa shape index (κ2) is 5.42. The third-order valence-corrected chi connectivity index (χ3v) is 3.09. The SMILES string of the molecule is COc1ccc(C(=O)c2cc(Cl)ccc2Cl)cc1. The highest BCUT2D eigenvalue weighted by atomic mass is 35.5. The average molecular weight is 281 g/mol. The number of hydrogen-bond acceptors (Lipinski definition) is 2. The first-order chi connectivity index (χ1) is 8.61. The number of hydrogen-bond donors (Lipinski definition) is 0. The highest BCUT2D eigenvalue weighted by molar-refractivity contribution is 6.36. The number of halogens is 2. The van der Waals surface area contributed by atoms with Crippen LogP contribution in [0.3, 0.4) is 0 Å². The molecule has 0 saturated heterocycles. The van der Waals surface area contributed by atoms with Gasteiger partial charge in [-0.15, -0.1) is 0 Å². The predicted octanol–water partition coefficient (Wildman–Crippen LogP) is 4.23. The minimum Gasteiger partial charge on any atom is -0.497 e. The van der Waals surface area contributed by atoms with E-state index in [1.807, 2.05) is 0 Å². The number of carbonyl (C=O) groups excluding carboxylic acids is 1. The van der Waals surface area contributed by atoms with Crippen LogP contribution >= 0.6 is 23.2 Å². The Bertz CT molecular complexity index is 577. The second-order valence-corrected chi connectivity index (χ2v) is 4.53. The summed E-state index contributed by atoms with van der Waals surface area (Å²) < 4.78 is 5.04. The molecule has 0 aliphatic carbocycles. The van der Waals surface area contributed by atoms with Gasteiger partial charge in [0.15, 0.2) is 5.78 Å². The fraction of sp³-hybridized carbons (Fsp3) is 0.0714. The minimum absolute atomic E-state index is 0.162. The van der Waals surface area contributed by atoms with Crippen molar-refractivity contribution >= 4 is 29.0 Å². The van der Waals surface area contributed by atoms with Gasteiger partial charge in [0.2, 0.25) is 0 Å². The van der Waals surface area contributed by atoms with Gasteiger partial charge in [0.25, 0.3) is 0 Å². The van der Waals surface area contributed by atoms with Crippen molar-refractivity contribution in [1.82, 2.24) is 0 Å². The Morgan fingerprint density at radius 1 is 1.06 bits per heavy atom. The Hall–Kier alpha value is -1.51. The van der Waals surface area contributed by atoms with Crippen LogP contribution < -0.4 is 4.74 Å². The summed E-state index contributed by atoms with van der Waals surface area (Å²) in [6.45, 7) is 0. The maximum atomic E-state index is 12.2. The van der Waals surface area contributed by atoms with E-state index in [2.05, 4.69) is 0 Å². The summed E-state index contributed by atoms with van der Waals surface area (Å²) in [4.78, 5) is 12.2. The molecule has 0 saturated carbocycles. The zero-order valence-electron chi connectivity index (χ0n) is 9.61. The fourth-order valence-electron chi connectivity index (χ4n) is 1.57. The molecule has 18 heavy (non-hydrogen) atoms. The molecule has 4 heteroatoms. The lowest BCUT2D eigenvalue weighted by molar-refractivity contribution is 0.103. The third kappa shape index (κ3) is 2.66. The second-order valence-electron chi connectivity index (χ2n) is 3.68. The molecule has 0 aliphatic rings. The van der Waals surface area contributed by atoms with Gasteiger partial charge in [-0.1, -0.05) is 23.2 Å². The molecule has 0 aliphatic heterocycles. The Labute approximate surface area is 115 Å². The Kier molecular flexibility index (Phi) is 3.90. The first kappa shape index (κ1) is 12.9. The first-order valence-electron chi connectivity index (χ1n) is 5.25. The van der Waals surface area contributed by atoms with Gasteiger partial charge in [0.05, 0.1) is 12.1 Å². The molecule has 0 fully saturated rings. The lowest BCUT2D eigenvalue weighted by Gasteiger charge is -2.05. The number of ether oxygens (including phenoxy) is 1. The van der Waals surface area contributed by atoms with Crippen molar-refractivity contribution in [2.24, 2.45) is 0 Å². The Balaban J connectivity index is 2.38. The molecule has 92 valence electrons. The summed E-state index contributed by atoms with van der Waals surface area (Å²) in [5, 5.41) is 0.872. The van der Waals surface area contributed by atoms with Crippen LogP contribution in [0.2, 0.25) is 10.0 Å². The number of methoxy groups -OCH3 is 1. The smallest absolute Gasteiger partial charge is 0.194 e. The lowest BCUT2D eigenvalue weighted by atomic mass is 10.0. The van der Waals surface area contributed by atoms with Crippen LogP contribution in [0, 0.1) is 0 Å². The van der Waals surface area contributed by atoms with Crippen molar-refractivity contribution in [3.63, 3.8) is 0 Å². The van der Waals surface area contributed by atoms with Crippen molar-refractivity contribution in [2.45, 2.75) is 0 Å². The van der Waals surface area contributed by atoms with E-state index in [-0.39, 0.29) is 5.78 Å². The molecular formula is C14H10Cl2O2. The van der Waals surface area contributed by atoms with Gasteiger partial charge in [-0.2, -0.15) is 0 Å². The molecule has 2 nitrogen and oxygen atoms in total. The summed E-state index contributed by atoms with van der Waals surface area (Å²) in [7, 11) is 1.57. The largest absolute Gasteiger partial charge is 0.497 e. The molecule has 0 unspecified atom stereocenters. The molecule has 0 heterocycles. The monoisotopic (exact) mass is 280 g/mol. The van der Waals surface area contributed by atoms with Gasteiger partial charge in [-0.3, -0.25) is 4.79 Å². The van der Waals surface area contributed by atoms with E-state index >= 15 is 0 Å². The predicted molar refractivity (Wildman–Crippen MR) is 72.9 cm³/mol. The highest BCUT2D eigenvalue weighted by Gasteiger charge is 2.13. The number of benzene rings is 2. The molecular weight excluding hydrogens is 271 g/mol. The van der Waals surface area contributed by atoms with Crippen LogP contribution in [0.25, 0.3) is 0 Å². The molecule has 2 aromatic rings. The Morgan fingerprint density at radius 3 is 2.33 bits per heavy atom. The van der Waals surface area contributed by atoms with E-state index < -0.39 is 0 Å². The average Bonchev–Trinajstić information content (AvgIpc) is 2.41. The summed E-state index contributed by atoms with van der Waals surface area (Å²) in [6, 6.07) is 11.7. The standard InChI is InChI=1S/C14H10Cl2O2/c1-18-11-5-2-9(3-6-11)14(17)12-8-10(15)4-7-13(12)16/h2-8H,1H3. The van der Waals surface area contributed by atoms with Crippen LogP contribution in [0.5, 0.6) is 5.75 Å². The highest BCUT2D eigenvalue weighted by Crippen LogP contribution is 2.24. The van der Waals surface area contributed by atoms with Crippen molar-refractivity contribution in [1.29, 1.82) is 0 Å². The van der Waals surface area contributed by atoms with Crippen LogP contribution in [0.4, 0.5) is 0 Å². The first-order valence-corrected chi connectivity index (χ1v) is 6.01. The van der Waals surface area contributed by atoms with Crippen molar-refractivity contribution < 1.29 is 9.53 Å². The zero-order chi connectivity index (χ0) is 13.1. The van der Waals surface area contributed by atoms with E-state index in [4.69, 9.17) is 27.9 Å². The van der Waals surface area contributed by atoms with E-state index in [1.165, 1.54) is 0 Å². The topological polar surface area (TPSA) is 26.3 Å². The maximum Gasteiger partial charge on any atom is 0.194 e. The van der Waals surface area contributed by atoms with E-state index in [9.17, 15) is 4.79 Å². The zero-order valence-corrected chi connectivity index (χ0v) is 11.1. The Morgan fingerprint density at radius 2 is 1.72 bits per heavy atom. The van der Waals surface area contributed by atoms with E-state index in [0.717, 1.165) is 0 Å². The molecule has 0 aromatic heterocycles. The molecule has 0 atom stereocenters. The summed E-state index contributed by atoms with van der Waals surface area (Å²) in [5.74, 6) is 0.536. The number of carbonyl (C=O) groups is 1. The number of rotatable bonds is 3. The summed E-state index contributed by atoms with van der Waals surface area (Å²) in [5.41, 5.74) is 0.939. The third-order valence-electron chi connectivity index (χ3n) is 2.53. The molecule has 0 N–H and O–H groups in total. The lowest BCUT2D eigenvalue weighted by Crippen LogP contribution is -2.02. The molecule has 0 spiro atoms. The molecule has 2 aromatic carbocycles. The maximum absolute atomic E-state index is 12.2. The van der Waals surface area contributed by atoms with Gasteiger partial charge < -0.3 is 4.74 Å². The van der Waals surface area contributed by atoms with Crippen LogP contribution in [0.1, 0.15) is 15.9 Å². The van der Waals surface area contributed by atoms with Gasteiger partial charge in [-0.25, -0.2) is 0 Å². The van der Waals surface area contributed by atoms with Gasteiger partial charge in [0, 0.05) is 16.1 Å². The van der Waals surface area contributed by atoms with Gasteiger partial charge in [0.1, 0.15) is 5.75 Å². The number of ketones is 1. The van der Waals surface area contributed by atoms with Crippen LogP contribution in [-0.2, 0) is 0 Å². The minimum atomic E-state index is -0.162. The molecule has 0 bridgehead atoms. The fourth-order valence-corrected chi connectivity index (χ4v) is 1.94. The quantitative estimate of drug-likeness (QED) is 0.787.